The van der Waals surface area contributed by atoms with Crippen molar-refractivity contribution in [3.05, 3.63) is 81.2 Å². The van der Waals surface area contributed by atoms with Gasteiger partial charge in [0.2, 0.25) is 0 Å². The molecule has 1 saturated heterocycles. The van der Waals surface area contributed by atoms with Crippen molar-refractivity contribution in [2.45, 2.75) is 12.5 Å². The lowest BCUT2D eigenvalue weighted by Crippen LogP contribution is -2.32. The Bertz CT molecular complexity index is 1050. The van der Waals surface area contributed by atoms with E-state index in [1.165, 1.54) is 35.2 Å². The van der Waals surface area contributed by atoms with E-state index in [0.717, 1.165) is 12.1 Å². The van der Waals surface area contributed by atoms with E-state index >= 15 is 0 Å². The number of benzene rings is 2. The maximum Gasteiger partial charge on any atom is 0.295 e. The first-order chi connectivity index (χ1) is 14.7. The van der Waals surface area contributed by atoms with E-state index in [4.69, 9.17) is 0 Å². The highest BCUT2D eigenvalue weighted by Gasteiger charge is 2.46. The summed E-state index contributed by atoms with van der Waals surface area (Å²) in [6, 6.07) is 9.49. The summed E-state index contributed by atoms with van der Waals surface area (Å²) in [6.45, 7) is 0.874. The molecule has 1 heterocycles. The summed E-state index contributed by atoms with van der Waals surface area (Å²) in [7, 11) is 3.75. The number of nitrogens with zero attached hydrogens (tertiary/aromatic N) is 3. The number of ketones is 1. The Hall–Kier alpha value is -3.59. The van der Waals surface area contributed by atoms with Crippen molar-refractivity contribution in [1.82, 2.24) is 9.80 Å². The maximum absolute atomic E-state index is 13.3. The number of likely N-dealkylation sites (tertiary alicyclic amines) is 1. The smallest absolute Gasteiger partial charge is 0.295 e. The normalized spacial score (nSPS) is 18.1. The first-order valence-electron chi connectivity index (χ1n) is 9.64. The summed E-state index contributed by atoms with van der Waals surface area (Å²) in [6.07, 6.45) is 0.558. The van der Waals surface area contributed by atoms with Gasteiger partial charge in [-0.25, -0.2) is 4.39 Å². The van der Waals surface area contributed by atoms with Crippen LogP contribution in [0.15, 0.2) is 54.1 Å². The first kappa shape index (κ1) is 22.1. The average molecular weight is 427 g/mol. The van der Waals surface area contributed by atoms with E-state index in [1.807, 2.05) is 19.0 Å². The SMILES string of the molecule is CN(C)CCCN1C(=O)C(=O)C(=C(O)c2ccc(F)cc2)[C@@H]1c1cccc([N+](=O)[O-])c1. The van der Waals surface area contributed by atoms with Crippen LogP contribution >= 0.6 is 0 Å². The molecule has 2 aromatic rings. The molecule has 3 rings (SSSR count). The van der Waals surface area contributed by atoms with Gasteiger partial charge in [-0.2, -0.15) is 0 Å². The number of aliphatic hydroxyl groups is 1. The van der Waals surface area contributed by atoms with E-state index < -0.39 is 34.2 Å². The molecule has 0 aromatic heterocycles. The lowest BCUT2D eigenvalue weighted by Gasteiger charge is -2.25. The van der Waals surface area contributed by atoms with E-state index in [9.17, 15) is 29.2 Å². The molecule has 0 spiro atoms. The molecule has 0 saturated carbocycles. The lowest BCUT2D eigenvalue weighted by atomic mass is 9.95. The molecule has 162 valence electrons. The topological polar surface area (TPSA) is 104 Å². The van der Waals surface area contributed by atoms with Crippen LogP contribution in [0.2, 0.25) is 0 Å². The van der Waals surface area contributed by atoms with Crippen molar-refractivity contribution < 1.29 is 24.0 Å². The highest BCUT2D eigenvalue weighted by atomic mass is 19.1. The monoisotopic (exact) mass is 427 g/mol. The van der Waals surface area contributed by atoms with Gasteiger partial charge >= 0.3 is 0 Å². The summed E-state index contributed by atoms with van der Waals surface area (Å²) in [5, 5.41) is 22.1. The zero-order chi connectivity index (χ0) is 22.7. The van der Waals surface area contributed by atoms with E-state index in [0.29, 0.717) is 18.5 Å². The molecule has 1 aliphatic rings. The van der Waals surface area contributed by atoms with Crippen molar-refractivity contribution in [3.8, 4) is 0 Å². The van der Waals surface area contributed by atoms with Crippen LogP contribution in [0.4, 0.5) is 10.1 Å². The van der Waals surface area contributed by atoms with Gasteiger partial charge in [0.1, 0.15) is 11.6 Å². The third-order valence-corrected chi connectivity index (χ3v) is 5.06. The minimum absolute atomic E-state index is 0.170. The van der Waals surface area contributed by atoms with E-state index in [2.05, 4.69) is 0 Å². The number of rotatable bonds is 7. The predicted molar refractivity (Wildman–Crippen MR) is 112 cm³/mol. The molecule has 0 bridgehead atoms. The van der Waals surface area contributed by atoms with Crippen molar-refractivity contribution >= 4 is 23.1 Å². The number of halogens is 1. The van der Waals surface area contributed by atoms with Crippen molar-refractivity contribution in [1.29, 1.82) is 0 Å². The second kappa shape index (κ2) is 9.05. The van der Waals surface area contributed by atoms with Crippen LogP contribution < -0.4 is 0 Å². The minimum atomic E-state index is -0.993. The zero-order valence-electron chi connectivity index (χ0n) is 17.1. The Morgan fingerprint density at radius 2 is 1.87 bits per heavy atom. The van der Waals surface area contributed by atoms with Gasteiger partial charge in [-0.05, 0) is 56.9 Å². The molecule has 1 amide bonds. The average Bonchev–Trinajstić information content (AvgIpc) is 2.98. The summed E-state index contributed by atoms with van der Waals surface area (Å²) in [5.74, 6) is -2.65. The number of carbonyl (C=O) groups is 2. The lowest BCUT2D eigenvalue weighted by molar-refractivity contribution is -0.384. The van der Waals surface area contributed by atoms with Crippen LogP contribution in [0.5, 0.6) is 0 Å². The molecule has 31 heavy (non-hydrogen) atoms. The summed E-state index contributed by atoms with van der Waals surface area (Å²) in [5.41, 5.74) is 0.130. The summed E-state index contributed by atoms with van der Waals surface area (Å²) >= 11 is 0. The van der Waals surface area contributed by atoms with E-state index in [1.54, 1.807) is 6.07 Å². The number of hydrogen-bond donors (Lipinski definition) is 1. The highest BCUT2D eigenvalue weighted by molar-refractivity contribution is 6.46. The number of aliphatic hydroxyl groups excluding tert-OH is 1. The zero-order valence-corrected chi connectivity index (χ0v) is 17.1. The van der Waals surface area contributed by atoms with Gasteiger partial charge in [-0.3, -0.25) is 19.7 Å². The minimum Gasteiger partial charge on any atom is -0.507 e. The van der Waals surface area contributed by atoms with Gasteiger partial charge in [0, 0.05) is 24.2 Å². The Morgan fingerprint density at radius 1 is 1.19 bits per heavy atom. The van der Waals surface area contributed by atoms with Gasteiger partial charge in [0.15, 0.2) is 0 Å². The van der Waals surface area contributed by atoms with Crippen LogP contribution in [0, 0.1) is 15.9 Å². The molecule has 8 nitrogen and oxygen atoms in total. The van der Waals surface area contributed by atoms with Crippen molar-refractivity contribution in [2.24, 2.45) is 0 Å². The molecule has 0 radical (unpaired) electrons. The third kappa shape index (κ3) is 4.61. The van der Waals surface area contributed by atoms with Gasteiger partial charge in [-0.1, -0.05) is 12.1 Å². The molecule has 1 aliphatic heterocycles. The second-order valence-electron chi connectivity index (χ2n) is 7.51. The van der Waals surface area contributed by atoms with Crippen LogP contribution in [-0.2, 0) is 9.59 Å². The summed E-state index contributed by atoms with van der Waals surface area (Å²) in [4.78, 5) is 39.6. The Balaban J connectivity index is 2.13. The summed E-state index contributed by atoms with van der Waals surface area (Å²) < 4.78 is 13.3. The number of hydrogen-bond acceptors (Lipinski definition) is 6. The van der Waals surface area contributed by atoms with Crippen LogP contribution in [-0.4, -0.2) is 58.7 Å². The van der Waals surface area contributed by atoms with Crippen molar-refractivity contribution in [2.75, 3.05) is 27.2 Å². The molecule has 9 heteroatoms. The molecular weight excluding hydrogens is 405 g/mol. The van der Waals surface area contributed by atoms with Crippen LogP contribution in [0.1, 0.15) is 23.6 Å². The van der Waals surface area contributed by atoms with E-state index in [-0.39, 0.29) is 23.4 Å². The van der Waals surface area contributed by atoms with Crippen LogP contribution in [0.25, 0.3) is 5.76 Å². The first-order valence-corrected chi connectivity index (χ1v) is 9.64. The Labute approximate surface area is 178 Å². The molecule has 1 N–H and O–H groups in total. The fourth-order valence-electron chi connectivity index (χ4n) is 3.59. The molecule has 0 aliphatic carbocycles. The van der Waals surface area contributed by atoms with Gasteiger partial charge in [0.25, 0.3) is 17.4 Å². The predicted octanol–water partition coefficient (Wildman–Crippen LogP) is 3.11. The molecule has 1 atom stereocenters. The number of nitro benzene ring substituents is 1. The molecule has 2 aromatic carbocycles. The molecule has 1 fully saturated rings. The molecule has 0 unspecified atom stereocenters. The Morgan fingerprint density at radius 3 is 2.48 bits per heavy atom. The number of Topliss-reactive ketones (excluding diaryl/α,β-unsaturated/α-hetero) is 1. The number of carbonyl (C=O) groups excluding carboxylic acids is 2. The quantitative estimate of drug-likeness (QED) is 0.239. The number of non-ortho nitro benzene ring substituents is 1. The van der Waals surface area contributed by atoms with Crippen molar-refractivity contribution in [3.63, 3.8) is 0 Å². The fourth-order valence-corrected chi connectivity index (χ4v) is 3.59. The fraction of sp³-hybridized carbons (Fsp3) is 0.273. The van der Waals surface area contributed by atoms with Gasteiger partial charge in [-0.15, -0.1) is 0 Å². The second-order valence-corrected chi connectivity index (χ2v) is 7.51. The maximum atomic E-state index is 13.3. The number of nitro groups is 1. The van der Waals surface area contributed by atoms with Gasteiger partial charge < -0.3 is 14.9 Å². The standard InChI is InChI=1S/C22H22FN3O5/c1-24(2)11-4-12-25-19(15-5-3-6-17(13-15)26(30)31)18(21(28)22(25)29)20(27)14-7-9-16(23)10-8-14/h3,5-10,13,19,27H,4,11-12H2,1-2H3/t19-/m0/s1. The largest absolute Gasteiger partial charge is 0.507 e. The third-order valence-electron chi connectivity index (χ3n) is 5.06. The van der Waals surface area contributed by atoms with Gasteiger partial charge in [0.05, 0.1) is 16.5 Å². The number of amides is 1. The van der Waals surface area contributed by atoms with Crippen LogP contribution in [0.3, 0.4) is 0 Å². The Kier molecular flexibility index (Phi) is 6.45. The highest BCUT2D eigenvalue weighted by Crippen LogP contribution is 2.40. The molecular formula is C22H22FN3O5.